The molecule has 6 heteroatoms. The fourth-order valence-corrected chi connectivity index (χ4v) is 4.24. The van der Waals surface area contributed by atoms with Crippen molar-refractivity contribution in [1.82, 2.24) is 5.32 Å². The number of aryl methyl sites for hydroxylation is 2. The third-order valence-electron chi connectivity index (χ3n) is 4.71. The minimum absolute atomic E-state index is 0.0631. The molecule has 26 heavy (non-hydrogen) atoms. The van der Waals surface area contributed by atoms with E-state index in [1.165, 1.54) is 5.56 Å². The van der Waals surface area contributed by atoms with Crippen LogP contribution in [-0.2, 0) is 21.2 Å². The topological polar surface area (TPSA) is 66.5 Å². The lowest BCUT2D eigenvalue weighted by molar-refractivity contribution is -0.120. The highest BCUT2D eigenvalue weighted by Gasteiger charge is 2.25. The predicted octanol–water partition coefficient (Wildman–Crippen LogP) is 2.95. The van der Waals surface area contributed by atoms with E-state index in [0.717, 1.165) is 41.0 Å². The zero-order valence-electron chi connectivity index (χ0n) is 15.1. The van der Waals surface area contributed by atoms with Crippen LogP contribution in [-0.4, -0.2) is 27.1 Å². The Hall–Kier alpha value is -2.34. The van der Waals surface area contributed by atoms with E-state index in [9.17, 15) is 13.2 Å². The molecule has 0 aromatic heterocycles. The summed E-state index contributed by atoms with van der Waals surface area (Å²) < 4.78 is 25.5. The summed E-state index contributed by atoms with van der Waals surface area (Å²) in [5.41, 5.74) is 3.92. The summed E-state index contributed by atoms with van der Waals surface area (Å²) in [6, 6.07) is 15.2. The number of carbonyl (C=O) groups is 1. The first-order valence-electron chi connectivity index (χ1n) is 8.76. The van der Waals surface area contributed by atoms with Crippen molar-refractivity contribution in [2.45, 2.75) is 32.2 Å². The Balaban J connectivity index is 1.76. The van der Waals surface area contributed by atoms with Crippen LogP contribution in [0.5, 0.6) is 0 Å². The fraction of sp³-hybridized carbons (Fsp3) is 0.350. The first-order valence-corrected chi connectivity index (χ1v) is 10.6. The van der Waals surface area contributed by atoms with Crippen LogP contribution in [0.4, 0.5) is 5.69 Å². The van der Waals surface area contributed by atoms with Gasteiger partial charge in [0.15, 0.2) is 0 Å². The normalized spacial score (nSPS) is 16.6. The van der Waals surface area contributed by atoms with Gasteiger partial charge in [0.25, 0.3) is 0 Å². The highest BCUT2D eigenvalue weighted by molar-refractivity contribution is 7.92. The van der Waals surface area contributed by atoms with Gasteiger partial charge < -0.3 is 5.32 Å². The van der Waals surface area contributed by atoms with Crippen molar-refractivity contribution in [1.29, 1.82) is 0 Å². The Labute approximate surface area is 155 Å². The molecule has 138 valence electrons. The number of amides is 1. The maximum atomic E-state index is 12.6. The fourth-order valence-electron chi connectivity index (χ4n) is 3.39. The largest absolute Gasteiger partial charge is 0.348 e. The quantitative estimate of drug-likeness (QED) is 0.877. The van der Waals surface area contributed by atoms with Crippen LogP contribution >= 0.6 is 0 Å². The summed E-state index contributed by atoms with van der Waals surface area (Å²) in [4.78, 5) is 12.6. The summed E-state index contributed by atoms with van der Waals surface area (Å²) in [5, 5.41) is 3.01. The Morgan fingerprint density at radius 2 is 1.85 bits per heavy atom. The third-order valence-corrected chi connectivity index (χ3v) is 5.85. The van der Waals surface area contributed by atoms with Gasteiger partial charge in [0.2, 0.25) is 15.9 Å². The number of hydrogen-bond acceptors (Lipinski definition) is 3. The molecule has 0 saturated heterocycles. The van der Waals surface area contributed by atoms with E-state index in [1.807, 2.05) is 37.3 Å². The molecule has 0 fully saturated rings. The maximum Gasteiger partial charge on any atom is 0.241 e. The van der Waals surface area contributed by atoms with Gasteiger partial charge in [0, 0.05) is 0 Å². The van der Waals surface area contributed by atoms with Crippen molar-refractivity contribution in [2.24, 2.45) is 0 Å². The molecule has 2 aromatic rings. The molecule has 0 bridgehead atoms. The van der Waals surface area contributed by atoms with E-state index in [1.54, 1.807) is 12.1 Å². The predicted molar refractivity (Wildman–Crippen MR) is 104 cm³/mol. The summed E-state index contributed by atoms with van der Waals surface area (Å²) in [7, 11) is -3.55. The second kappa shape index (κ2) is 7.50. The van der Waals surface area contributed by atoms with Gasteiger partial charge in [-0.25, -0.2) is 8.42 Å². The van der Waals surface area contributed by atoms with Crippen molar-refractivity contribution >= 4 is 21.6 Å². The van der Waals surface area contributed by atoms with E-state index in [2.05, 4.69) is 11.4 Å². The highest BCUT2D eigenvalue weighted by Crippen LogP contribution is 2.29. The molecule has 0 saturated carbocycles. The van der Waals surface area contributed by atoms with E-state index < -0.39 is 10.0 Å². The number of sulfonamides is 1. The second-order valence-corrected chi connectivity index (χ2v) is 8.72. The summed E-state index contributed by atoms with van der Waals surface area (Å²) in [5.74, 6) is -0.294. The first-order chi connectivity index (χ1) is 12.3. The van der Waals surface area contributed by atoms with Crippen molar-refractivity contribution < 1.29 is 13.2 Å². The average molecular weight is 372 g/mol. The van der Waals surface area contributed by atoms with E-state index >= 15 is 0 Å². The molecule has 1 unspecified atom stereocenters. The molecule has 1 atom stereocenters. The number of carbonyl (C=O) groups excluding carboxylic acids is 1. The average Bonchev–Trinajstić information content (AvgIpc) is 2.60. The van der Waals surface area contributed by atoms with E-state index in [-0.39, 0.29) is 18.5 Å². The number of benzene rings is 2. The summed E-state index contributed by atoms with van der Waals surface area (Å²) in [6.07, 6.45) is 4.01. The number of rotatable bonds is 5. The number of nitrogens with zero attached hydrogens (tertiary/aromatic N) is 1. The molecule has 0 radical (unpaired) electrons. The minimum atomic E-state index is -3.55. The van der Waals surface area contributed by atoms with Gasteiger partial charge in [-0.15, -0.1) is 0 Å². The molecule has 0 aliphatic heterocycles. The van der Waals surface area contributed by atoms with Gasteiger partial charge in [-0.2, -0.15) is 0 Å². The monoisotopic (exact) mass is 372 g/mol. The SMILES string of the molecule is Cc1ccc(N(CC(=O)NC2CCCc3ccccc32)S(C)(=O)=O)cc1. The number of hydrogen-bond donors (Lipinski definition) is 1. The number of anilines is 1. The van der Waals surface area contributed by atoms with E-state index in [4.69, 9.17) is 0 Å². The Morgan fingerprint density at radius 3 is 2.54 bits per heavy atom. The lowest BCUT2D eigenvalue weighted by atomic mass is 9.88. The van der Waals surface area contributed by atoms with Gasteiger partial charge in [-0.05, 0) is 49.4 Å². The maximum absolute atomic E-state index is 12.6. The summed E-state index contributed by atoms with van der Waals surface area (Å²) >= 11 is 0. The van der Waals surface area contributed by atoms with Crippen LogP contribution in [0.15, 0.2) is 48.5 Å². The Kier molecular flexibility index (Phi) is 5.32. The third kappa shape index (κ3) is 4.25. The van der Waals surface area contributed by atoms with Gasteiger partial charge in [0.1, 0.15) is 6.54 Å². The number of fused-ring (bicyclic) bond motifs is 1. The molecule has 0 heterocycles. The lowest BCUT2D eigenvalue weighted by Gasteiger charge is -2.28. The molecule has 1 aliphatic rings. The van der Waals surface area contributed by atoms with E-state index in [0.29, 0.717) is 5.69 Å². The Bertz CT molecular complexity index is 892. The van der Waals surface area contributed by atoms with Crippen LogP contribution in [0.2, 0.25) is 0 Å². The van der Waals surface area contributed by atoms with Gasteiger partial charge in [-0.1, -0.05) is 42.0 Å². The van der Waals surface area contributed by atoms with Crippen LogP contribution in [0.25, 0.3) is 0 Å². The zero-order valence-corrected chi connectivity index (χ0v) is 15.9. The lowest BCUT2D eigenvalue weighted by Crippen LogP contribution is -2.42. The smallest absolute Gasteiger partial charge is 0.241 e. The summed E-state index contributed by atoms with van der Waals surface area (Å²) in [6.45, 7) is 1.71. The molecular formula is C20H24N2O3S. The second-order valence-electron chi connectivity index (χ2n) is 6.82. The number of nitrogens with one attached hydrogen (secondary N) is 1. The molecule has 1 N–H and O–H groups in total. The van der Waals surface area contributed by atoms with Crippen LogP contribution < -0.4 is 9.62 Å². The van der Waals surface area contributed by atoms with Gasteiger partial charge >= 0.3 is 0 Å². The van der Waals surface area contributed by atoms with Crippen LogP contribution in [0.3, 0.4) is 0 Å². The van der Waals surface area contributed by atoms with Gasteiger partial charge in [0.05, 0.1) is 18.0 Å². The zero-order chi connectivity index (χ0) is 18.7. The first kappa shape index (κ1) is 18.5. The molecule has 1 aliphatic carbocycles. The Morgan fingerprint density at radius 1 is 1.15 bits per heavy atom. The minimum Gasteiger partial charge on any atom is -0.348 e. The van der Waals surface area contributed by atoms with Crippen molar-refractivity contribution in [3.05, 3.63) is 65.2 Å². The molecule has 0 spiro atoms. The van der Waals surface area contributed by atoms with Gasteiger partial charge in [-0.3, -0.25) is 9.10 Å². The molecule has 1 amide bonds. The van der Waals surface area contributed by atoms with Crippen molar-refractivity contribution in [2.75, 3.05) is 17.1 Å². The molecule has 2 aromatic carbocycles. The molecule has 3 rings (SSSR count). The standard InChI is InChI=1S/C20H24N2O3S/c1-15-10-12-17(13-11-15)22(26(2,24)25)14-20(23)21-19-9-5-7-16-6-3-4-8-18(16)19/h3-4,6,8,10-13,19H,5,7,9,14H2,1-2H3,(H,21,23). The molecular weight excluding hydrogens is 348 g/mol. The van der Waals surface area contributed by atoms with Crippen molar-refractivity contribution in [3.8, 4) is 0 Å². The molecule has 5 nitrogen and oxygen atoms in total. The van der Waals surface area contributed by atoms with Crippen LogP contribution in [0, 0.1) is 6.92 Å². The van der Waals surface area contributed by atoms with Crippen LogP contribution in [0.1, 0.15) is 35.6 Å². The van der Waals surface area contributed by atoms with Crippen molar-refractivity contribution in [3.63, 3.8) is 0 Å². The highest BCUT2D eigenvalue weighted by atomic mass is 32.2.